The lowest BCUT2D eigenvalue weighted by Gasteiger charge is -2.33. The van der Waals surface area contributed by atoms with E-state index in [9.17, 15) is 4.79 Å². The highest BCUT2D eigenvalue weighted by atomic mass is 79.9. The number of carbonyl (C=O) groups excluding carboxylic acids is 1. The molecule has 1 aliphatic rings. The van der Waals surface area contributed by atoms with E-state index in [1.165, 1.54) is 5.56 Å². The number of hydrogen-bond donors (Lipinski definition) is 0. The molecule has 5 nitrogen and oxygen atoms in total. The largest absolute Gasteiger partial charge is 0.444 e. The molecule has 0 radical (unpaired) electrons. The second kappa shape index (κ2) is 5.83. The van der Waals surface area contributed by atoms with E-state index in [0.717, 1.165) is 22.3 Å². The van der Waals surface area contributed by atoms with Crippen molar-refractivity contribution in [1.29, 1.82) is 0 Å². The summed E-state index contributed by atoms with van der Waals surface area (Å²) in [4.78, 5) is 20.4. The number of pyridine rings is 1. The molecule has 116 valence electrons. The van der Waals surface area contributed by atoms with E-state index in [4.69, 9.17) is 4.74 Å². The highest BCUT2D eigenvalue weighted by Gasteiger charge is 2.28. The monoisotopic (exact) mass is 355 g/mol. The molecule has 0 aliphatic carbocycles. The van der Waals surface area contributed by atoms with E-state index in [0.29, 0.717) is 13.1 Å². The zero-order chi connectivity index (χ0) is 15.8. The second-order valence-corrected chi connectivity index (χ2v) is 7.29. The van der Waals surface area contributed by atoms with E-state index in [-0.39, 0.29) is 6.09 Å². The molecule has 1 amide bonds. The van der Waals surface area contributed by atoms with Gasteiger partial charge in [-0.2, -0.15) is 0 Å². The molecule has 0 aromatic carbocycles. The predicted molar refractivity (Wildman–Crippen MR) is 86.6 cm³/mol. The van der Waals surface area contributed by atoms with Crippen molar-refractivity contribution >= 4 is 27.8 Å². The third kappa shape index (κ3) is 3.67. The van der Waals surface area contributed by atoms with Crippen molar-refractivity contribution in [2.45, 2.75) is 39.3 Å². The molecule has 6 heteroatoms. The van der Waals surface area contributed by atoms with Crippen LogP contribution < -0.4 is 4.90 Å². The van der Waals surface area contributed by atoms with Crippen LogP contribution in [0.3, 0.4) is 0 Å². The molecule has 0 saturated heterocycles. The van der Waals surface area contributed by atoms with E-state index in [1.807, 2.05) is 46.0 Å². The Bertz CT molecular complexity index is 553. The van der Waals surface area contributed by atoms with Crippen LogP contribution in [0.25, 0.3) is 0 Å². The van der Waals surface area contributed by atoms with E-state index < -0.39 is 5.60 Å². The maximum Gasteiger partial charge on any atom is 0.410 e. The van der Waals surface area contributed by atoms with Gasteiger partial charge in [0.2, 0.25) is 0 Å². The third-order valence-corrected chi connectivity index (χ3v) is 3.96. The molecule has 0 fully saturated rings. The number of ether oxygens (including phenoxy) is 1. The molecule has 0 N–H and O–H groups in total. The molecule has 0 bridgehead atoms. The number of rotatable bonds is 1. The molecule has 0 saturated carbocycles. The van der Waals surface area contributed by atoms with Gasteiger partial charge in [-0.3, -0.25) is 0 Å². The number of fused-ring (bicyclic) bond motifs is 1. The van der Waals surface area contributed by atoms with Gasteiger partial charge < -0.3 is 14.5 Å². The molecule has 1 aromatic rings. The first-order valence-corrected chi connectivity index (χ1v) is 7.80. The van der Waals surface area contributed by atoms with Crippen LogP contribution in [0.4, 0.5) is 10.6 Å². The number of halogens is 1. The Morgan fingerprint density at radius 2 is 2.05 bits per heavy atom. The van der Waals surface area contributed by atoms with Gasteiger partial charge in [0.05, 0.1) is 6.54 Å². The van der Waals surface area contributed by atoms with Crippen LogP contribution in [0.1, 0.15) is 31.9 Å². The molecule has 21 heavy (non-hydrogen) atoms. The number of carbonyl (C=O) groups is 1. The lowest BCUT2D eigenvalue weighted by molar-refractivity contribution is 0.0224. The van der Waals surface area contributed by atoms with Crippen molar-refractivity contribution in [3.63, 3.8) is 0 Å². The van der Waals surface area contributed by atoms with E-state index in [1.54, 1.807) is 4.90 Å². The molecular formula is C15H22BrN3O2. The highest BCUT2D eigenvalue weighted by molar-refractivity contribution is 9.10. The van der Waals surface area contributed by atoms with Crippen LogP contribution in [0.2, 0.25) is 0 Å². The first-order valence-electron chi connectivity index (χ1n) is 7.00. The van der Waals surface area contributed by atoms with Crippen LogP contribution in [-0.4, -0.2) is 42.2 Å². The normalized spacial score (nSPS) is 14.7. The second-order valence-electron chi connectivity index (χ2n) is 6.43. The zero-order valence-electron chi connectivity index (χ0n) is 13.2. The molecular weight excluding hydrogens is 334 g/mol. The lowest BCUT2D eigenvalue weighted by Crippen LogP contribution is -2.40. The molecule has 2 rings (SSSR count). The highest BCUT2D eigenvalue weighted by Crippen LogP contribution is 2.32. The zero-order valence-corrected chi connectivity index (χ0v) is 14.8. The Labute approximate surface area is 134 Å². The van der Waals surface area contributed by atoms with Gasteiger partial charge in [0.1, 0.15) is 11.4 Å². The minimum absolute atomic E-state index is 0.266. The van der Waals surface area contributed by atoms with Crippen molar-refractivity contribution in [3.8, 4) is 0 Å². The van der Waals surface area contributed by atoms with Crippen molar-refractivity contribution in [3.05, 3.63) is 21.8 Å². The summed E-state index contributed by atoms with van der Waals surface area (Å²) >= 11 is 3.56. The summed E-state index contributed by atoms with van der Waals surface area (Å²) in [6, 6.07) is 0. The van der Waals surface area contributed by atoms with Gasteiger partial charge in [-0.05, 0) is 48.7 Å². The fraction of sp³-hybridized carbons (Fsp3) is 0.600. The summed E-state index contributed by atoms with van der Waals surface area (Å²) < 4.78 is 6.47. The van der Waals surface area contributed by atoms with Gasteiger partial charge >= 0.3 is 6.09 Å². The first kappa shape index (κ1) is 16.1. The van der Waals surface area contributed by atoms with Crippen molar-refractivity contribution in [2.24, 2.45) is 0 Å². The molecule has 0 atom stereocenters. The summed E-state index contributed by atoms with van der Waals surface area (Å²) in [6.07, 6.45) is 2.37. The quantitative estimate of drug-likeness (QED) is 0.775. The molecule has 0 unspecified atom stereocenters. The van der Waals surface area contributed by atoms with Crippen LogP contribution in [0.5, 0.6) is 0 Å². The number of amides is 1. The average molecular weight is 356 g/mol. The van der Waals surface area contributed by atoms with Crippen LogP contribution in [0.15, 0.2) is 10.7 Å². The van der Waals surface area contributed by atoms with Crippen LogP contribution in [0, 0.1) is 0 Å². The van der Waals surface area contributed by atoms with Crippen LogP contribution >= 0.6 is 15.9 Å². The molecule has 2 heterocycles. The fourth-order valence-corrected chi connectivity index (χ4v) is 2.91. The summed E-state index contributed by atoms with van der Waals surface area (Å²) in [5.74, 6) is 0.904. The summed E-state index contributed by atoms with van der Waals surface area (Å²) in [5.41, 5.74) is 1.84. The van der Waals surface area contributed by atoms with E-state index in [2.05, 4.69) is 20.9 Å². The summed E-state index contributed by atoms with van der Waals surface area (Å²) in [7, 11) is 3.92. The van der Waals surface area contributed by atoms with Gasteiger partial charge in [0.15, 0.2) is 0 Å². The van der Waals surface area contributed by atoms with Gasteiger partial charge in [0.25, 0.3) is 0 Å². The molecule has 1 aromatic heterocycles. The Hall–Kier alpha value is -1.30. The Morgan fingerprint density at radius 1 is 1.38 bits per heavy atom. The van der Waals surface area contributed by atoms with Gasteiger partial charge in [0, 0.05) is 36.9 Å². The Balaban J connectivity index is 2.27. The summed E-state index contributed by atoms with van der Waals surface area (Å²) in [5, 5.41) is 0. The lowest BCUT2D eigenvalue weighted by atomic mass is 10.0. The number of nitrogens with zero attached hydrogens (tertiary/aromatic N) is 3. The topological polar surface area (TPSA) is 45.7 Å². The van der Waals surface area contributed by atoms with Gasteiger partial charge in [-0.1, -0.05) is 0 Å². The van der Waals surface area contributed by atoms with Gasteiger partial charge in [-0.15, -0.1) is 0 Å². The standard InChI is InChI=1S/C15H22BrN3O2/c1-15(2,3)21-14(20)19-7-6-10-11(9-19)13(18(4)5)17-8-12(10)16/h8H,6-7,9H2,1-5H3. The van der Waals surface area contributed by atoms with Crippen molar-refractivity contribution in [2.75, 3.05) is 25.5 Å². The number of anilines is 1. The first-order chi connectivity index (χ1) is 9.69. The van der Waals surface area contributed by atoms with Crippen molar-refractivity contribution < 1.29 is 9.53 Å². The maximum absolute atomic E-state index is 12.2. The third-order valence-electron chi connectivity index (χ3n) is 3.28. The fourth-order valence-electron chi connectivity index (χ4n) is 2.37. The van der Waals surface area contributed by atoms with E-state index >= 15 is 0 Å². The van der Waals surface area contributed by atoms with Crippen molar-refractivity contribution in [1.82, 2.24) is 9.88 Å². The Kier molecular flexibility index (Phi) is 4.46. The maximum atomic E-state index is 12.2. The smallest absolute Gasteiger partial charge is 0.410 e. The minimum Gasteiger partial charge on any atom is -0.444 e. The summed E-state index contributed by atoms with van der Waals surface area (Å²) in [6.45, 7) is 6.84. The Morgan fingerprint density at radius 3 is 2.62 bits per heavy atom. The average Bonchev–Trinajstić information content (AvgIpc) is 2.36. The SMILES string of the molecule is CN(C)c1ncc(Br)c2c1CN(C(=O)OC(C)(C)C)CC2. The van der Waals surface area contributed by atoms with Crippen LogP contribution in [-0.2, 0) is 17.7 Å². The van der Waals surface area contributed by atoms with Gasteiger partial charge in [-0.25, -0.2) is 9.78 Å². The molecule has 0 spiro atoms. The number of hydrogen-bond acceptors (Lipinski definition) is 4. The minimum atomic E-state index is -0.475. The molecule has 1 aliphatic heterocycles. The number of aromatic nitrogens is 1. The predicted octanol–water partition coefficient (Wildman–Crippen LogP) is 3.20.